The number of hydroxylamine groups is 2. The molecule has 27 heavy (non-hydrogen) atoms. The van der Waals surface area contributed by atoms with Crippen LogP contribution in [-0.4, -0.2) is 62.6 Å². The molecule has 1 aromatic carbocycles. The molecule has 9 heteroatoms. The molecule has 9 nitrogen and oxygen atoms in total. The van der Waals surface area contributed by atoms with Crippen LogP contribution in [0.4, 0.5) is 4.79 Å². The van der Waals surface area contributed by atoms with Crippen molar-refractivity contribution < 1.29 is 33.3 Å². The predicted octanol–water partition coefficient (Wildman–Crippen LogP) is 1.06. The molecular formula is C18H22N3O6+. The fourth-order valence-corrected chi connectivity index (χ4v) is 2.97. The van der Waals surface area contributed by atoms with Gasteiger partial charge >= 0.3 is 6.09 Å². The van der Waals surface area contributed by atoms with E-state index in [0.29, 0.717) is 48.2 Å². The van der Waals surface area contributed by atoms with Gasteiger partial charge in [0.25, 0.3) is 5.91 Å². The van der Waals surface area contributed by atoms with Crippen LogP contribution in [0.3, 0.4) is 0 Å². The molecule has 3 rings (SSSR count). The number of nitrogens with zero attached hydrogens (tertiary/aromatic N) is 3. The van der Waals surface area contributed by atoms with Crippen LogP contribution >= 0.6 is 0 Å². The summed E-state index contributed by atoms with van der Waals surface area (Å²) in [5.41, 5.74) is 1.31. The number of aryl methyl sites for hydroxylation is 1. The van der Waals surface area contributed by atoms with Gasteiger partial charge in [0.15, 0.2) is 6.20 Å². The molecule has 2 aromatic rings. The summed E-state index contributed by atoms with van der Waals surface area (Å²) >= 11 is 0. The maximum atomic E-state index is 12.8. The Balaban J connectivity index is 1.97. The zero-order valence-electron chi connectivity index (χ0n) is 15.5. The Labute approximate surface area is 156 Å². The lowest BCUT2D eigenvalue weighted by molar-refractivity contribution is -0.645. The molecule has 1 fully saturated rings. The van der Waals surface area contributed by atoms with E-state index in [2.05, 4.69) is 0 Å². The van der Waals surface area contributed by atoms with Crippen molar-refractivity contribution >= 4 is 22.9 Å². The van der Waals surface area contributed by atoms with Crippen LogP contribution in [0.15, 0.2) is 30.5 Å². The Morgan fingerprint density at radius 2 is 1.89 bits per heavy atom. The summed E-state index contributed by atoms with van der Waals surface area (Å²) in [5.74, 6) is 0.205. The van der Waals surface area contributed by atoms with Crippen LogP contribution in [0.2, 0.25) is 0 Å². The highest BCUT2D eigenvalue weighted by Gasteiger charge is 2.24. The van der Waals surface area contributed by atoms with E-state index in [9.17, 15) is 9.59 Å². The average Bonchev–Trinajstić information content (AvgIpc) is 2.69. The van der Waals surface area contributed by atoms with Crippen LogP contribution in [0.25, 0.3) is 10.9 Å². The summed E-state index contributed by atoms with van der Waals surface area (Å²) in [4.78, 5) is 36.2. The molecule has 0 spiro atoms. The molecule has 1 aliphatic heterocycles. The van der Waals surface area contributed by atoms with Gasteiger partial charge in [0, 0.05) is 19.2 Å². The fourth-order valence-electron chi connectivity index (χ4n) is 2.97. The minimum atomic E-state index is -0.833. The first-order valence-electron chi connectivity index (χ1n) is 8.44. The first-order valence-corrected chi connectivity index (χ1v) is 8.44. The van der Waals surface area contributed by atoms with Gasteiger partial charge in [-0.3, -0.25) is 4.79 Å². The number of ether oxygens (including phenoxy) is 2. The maximum absolute atomic E-state index is 12.8. The number of morpholine rings is 1. The third-order valence-corrected chi connectivity index (χ3v) is 4.28. The van der Waals surface area contributed by atoms with E-state index in [4.69, 9.17) is 19.1 Å². The number of carbonyl (C=O) groups is 2. The van der Waals surface area contributed by atoms with Gasteiger partial charge in [0.05, 0.1) is 32.8 Å². The smallest absolute Gasteiger partial charge is 0.406 e. The van der Waals surface area contributed by atoms with Crippen LogP contribution in [0, 0.1) is 0 Å². The summed E-state index contributed by atoms with van der Waals surface area (Å²) in [5, 5.41) is 1.24. The lowest BCUT2D eigenvalue weighted by Gasteiger charge is -2.26. The van der Waals surface area contributed by atoms with Crippen molar-refractivity contribution in [3.63, 3.8) is 0 Å². The molecule has 2 heterocycles. The van der Waals surface area contributed by atoms with Crippen molar-refractivity contribution in [2.45, 2.75) is 0 Å². The van der Waals surface area contributed by atoms with Crippen molar-refractivity contribution in [3.8, 4) is 5.75 Å². The SMILES string of the molecule is CON(OC)C(=O)Oc1cccc2c1cc(C(=O)N1CCOCC1)c[n+]2C. The molecule has 0 bridgehead atoms. The highest BCUT2D eigenvalue weighted by molar-refractivity contribution is 5.98. The topological polar surface area (TPSA) is 81.4 Å². The first kappa shape index (κ1) is 19.0. The van der Waals surface area contributed by atoms with Crippen LogP contribution in [0.5, 0.6) is 5.75 Å². The van der Waals surface area contributed by atoms with Crippen LogP contribution in [-0.2, 0) is 21.5 Å². The second kappa shape index (κ2) is 8.30. The number of aromatic nitrogens is 1. The van der Waals surface area contributed by atoms with E-state index in [1.807, 2.05) is 17.7 Å². The minimum Gasteiger partial charge on any atom is -0.406 e. The molecule has 1 aromatic heterocycles. The highest BCUT2D eigenvalue weighted by Crippen LogP contribution is 2.25. The molecule has 0 saturated carbocycles. The molecule has 0 atom stereocenters. The number of rotatable bonds is 4. The van der Waals surface area contributed by atoms with Crippen molar-refractivity contribution in [3.05, 3.63) is 36.0 Å². The fraction of sp³-hybridized carbons (Fsp3) is 0.389. The normalized spacial score (nSPS) is 14.3. The second-order valence-corrected chi connectivity index (χ2v) is 5.92. The Hall–Kier alpha value is -2.75. The average molecular weight is 376 g/mol. The number of amides is 2. The minimum absolute atomic E-state index is 0.0904. The van der Waals surface area contributed by atoms with Gasteiger partial charge in [-0.05, 0) is 17.4 Å². The summed E-state index contributed by atoms with van der Waals surface area (Å²) in [6, 6.07) is 7.00. The van der Waals surface area contributed by atoms with E-state index in [1.54, 1.807) is 29.3 Å². The molecule has 0 N–H and O–H groups in total. The standard InChI is InChI=1S/C18H22N3O6/c1-19-12-13(17(22)20-7-9-26-10-8-20)11-14-15(19)5-4-6-16(14)27-18(23)21(24-2)25-3/h4-6,11-12H,7-10H2,1-3H3/q+1. The van der Waals surface area contributed by atoms with Crippen molar-refractivity contribution in [1.29, 1.82) is 0 Å². The quantitative estimate of drug-likeness (QED) is 0.586. The van der Waals surface area contributed by atoms with Gasteiger partial charge in [-0.25, -0.2) is 19.0 Å². The third kappa shape index (κ3) is 4.00. The van der Waals surface area contributed by atoms with Crippen molar-refractivity contribution in [2.24, 2.45) is 7.05 Å². The molecular weight excluding hydrogens is 354 g/mol. The van der Waals surface area contributed by atoms with E-state index >= 15 is 0 Å². The second-order valence-electron chi connectivity index (χ2n) is 5.92. The molecule has 1 aliphatic rings. The van der Waals surface area contributed by atoms with Crippen LogP contribution < -0.4 is 9.30 Å². The Bertz CT molecular complexity index is 846. The van der Waals surface area contributed by atoms with Gasteiger partial charge in [-0.15, -0.1) is 0 Å². The van der Waals surface area contributed by atoms with Crippen molar-refractivity contribution in [2.75, 3.05) is 40.5 Å². The number of pyridine rings is 1. The number of carbonyl (C=O) groups excluding carboxylic acids is 2. The first-order chi connectivity index (χ1) is 13.0. The molecule has 0 radical (unpaired) electrons. The van der Waals surface area contributed by atoms with E-state index in [1.165, 1.54) is 14.2 Å². The molecule has 144 valence electrons. The summed E-state index contributed by atoms with van der Waals surface area (Å²) < 4.78 is 12.5. The number of hydrogen-bond acceptors (Lipinski definition) is 6. The van der Waals surface area contributed by atoms with Gasteiger partial charge in [-0.1, -0.05) is 6.07 Å². The zero-order valence-corrected chi connectivity index (χ0v) is 15.5. The lowest BCUT2D eigenvalue weighted by Crippen LogP contribution is -2.42. The number of hydrogen-bond donors (Lipinski definition) is 0. The highest BCUT2D eigenvalue weighted by atomic mass is 17.0. The monoisotopic (exact) mass is 376 g/mol. The maximum Gasteiger partial charge on any atom is 0.465 e. The molecule has 1 saturated heterocycles. The van der Waals surface area contributed by atoms with Gasteiger partial charge < -0.3 is 14.4 Å². The number of fused-ring (bicyclic) bond motifs is 1. The van der Waals surface area contributed by atoms with E-state index in [0.717, 1.165) is 5.52 Å². The number of benzene rings is 1. The van der Waals surface area contributed by atoms with Gasteiger partial charge in [0.1, 0.15) is 18.4 Å². The third-order valence-electron chi connectivity index (χ3n) is 4.28. The van der Waals surface area contributed by atoms with Crippen molar-refractivity contribution in [1.82, 2.24) is 10.1 Å². The summed E-state index contributed by atoms with van der Waals surface area (Å²) in [6.07, 6.45) is 0.933. The van der Waals surface area contributed by atoms with E-state index in [-0.39, 0.29) is 5.91 Å². The predicted molar refractivity (Wildman–Crippen MR) is 93.7 cm³/mol. The van der Waals surface area contributed by atoms with Gasteiger partial charge in [0.2, 0.25) is 5.52 Å². The van der Waals surface area contributed by atoms with Crippen LogP contribution in [0.1, 0.15) is 10.4 Å². The Kier molecular flexibility index (Phi) is 5.84. The Morgan fingerprint density at radius 1 is 1.19 bits per heavy atom. The largest absolute Gasteiger partial charge is 0.465 e. The Morgan fingerprint density at radius 3 is 2.56 bits per heavy atom. The lowest BCUT2D eigenvalue weighted by atomic mass is 10.1. The van der Waals surface area contributed by atoms with E-state index < -0.39 is 6.09 Å². The summed E-state index contributed by atoms with van der Waals surface area (Å²) in [6.45, 7) is 2.15. The molecule has 2 amide bonds. The molecule has 0 aliphatic carbocycles. The van der Waals surface area contributed by atoms with Gasteiger partial charge in [-0.2, -0.15) is 0 Å². The molecule has 0 unspecified atom stereocenters. The summed E-state index contributed by atoms with van der Waals surface area (Å²) in [7, 11) is 4.40. The zero-order chi connectivity index (χ0) is 19.4.